The van der Waals surface area contributed by atoms with E-state index in [1.807, 2.05) is 13.8 Å². The Bertz CT molecular complexity index is 538. The Morgan fingerprint density at radius 2 is 2.18 bits per heavy atom. The molecule has 2 heterocycles. The van der Waals surface area contributed by atoms with Gasteiger partial charge >= 0.3 is 0 Å². The van der Waals surface area contributed by atoms with Crippen molar-refractivity contribution in [3.63, 3.8) is 0 Å². The predicted octanol–water partition coefficient (Wildman–Crippen LogP) is 1.08. The monoisotopic (exact) mass is 234 g/mol. The first kappa shape index (κ1) is 11.5. The van der Waals surface area contributed by atoms with E-state index in [0.717, 1.165) is 0 Å². The van der Waals surface area contributed by atoms with Crippen LogP contribution in [0.1, 0.15) is 25.7 Å². The van der Waals surface area contributed by atoms with E-state index in [-0.39, 0.29) is 17.5 Å². The minimum Gasteiger partial charge on any atom is -0.334 e. The van der Waals surface area contributed by atoms with E-state index in [1.165, 1.54) is 12.3 Å². The molecule has 6 nitrogen and oxygen atoms in total. The maximum Gasteiger partial charge on any atom is 0.259 e. The van der Waals surface area contributed by atoms with E-state index in [9.17, 15) is 4.79 Å². The van der Waals surface area contributed by atoms with Gasteiger partial charge in [-0.1, -0.05) is 19.0 Å². The summed E-state index contributed by atoms with van der Waals surface area (Å²) in [5.74, 6) is 1.06. The number of hydrogen-bond donors (Lipinski definition) is 2. The summed E-state index contributed by atoms with van der Waals surface area (Å²) in [4.78, 5) is 17.7. The molecule has 2 rings (SSSR count). The largest absolute Gasteiger partial charge is 0.334 e. The zero-order valence-corrected chi connectivity index (χ0v) is 9.68. The zero-order valence-electron chi connectivity index (χ0n) is 9.68. The first-order valence-electron chi connectivity index (χ1n) is 5.36. The molecule has 1 unspecified atom stereocenters. The lowest BCUT2D eigenvalue weighted by Crippen LogP contribution is -2.18. The second-order valence-electron chi connectivity index (χ2n) is 4.17. The van der Waals surface area contributed by atoms with Gasteiger partial charge in [-0.2, -0.15) is 4.98 Å². The van der Waals surface area contributed by atoms with E-state index in [1.54, 1.807) is 6.07 Å². The Labute approximate surface area is 97.9 Å². The summed E-state index contributed by atoms with van der Waals surface area (Å²) in [7, 11) is 0. The van der Waals surface area contributed by atoms with Gasteiger partial charge < -0.3 is 15.2 Å². The Morgan fingerprint density at radius 3 is 2.76 bits per heavy atom. The van der Waals surface area contributed by atoms with Crippen molar-refractivity contribution in [2.24, 2.45) is 11.7 Å². The molecule has 0 saturated carbocycles. The van der Waals surface area contributed by atoms with Crippen LogP contribution >= 0.6 is 0 Å². The molecule has 0 bridgehead atoms. The van der Waals surface area contributed by atoms with Crippen LogP contribution in [0.2, 0.25) is 0 Å². The molecule has 1 atom stereocenters. The maximum atomic E-state index is 10.9. The lowest BCUT2D eigenvalue weighted by Gasteiger charge is -2.09. The number of rotatable bonds is 3. The summed E-state index contributed by atoms with van der Waals surface area (Å²) in [6.45, 7) is 3.97. The molecule has 0 aliphatic rings. The summed E-state index contributed by atoms with van der Waals surface area (Å²) in [6.07, 6.45) is 1.53. The Balaban J connectivity index is 2.29. The molecule has 0 aliphatic heterocycles. The van der Waals surface area contributed by atoms with Gasteiger partial charge in [0.15, 0.2) is 5.82 Å². The van der Waals surface area contributed by atoms with Crippen LogP contribution in [0.5, 0.6) is 0 Å². The number of hydrogen-bond acceptors (Lipinski definition) is 5. The van der Waals surface area contributed by atoms with Gasteiger partial charge in [0.1, 0.15) is 0 Å². The summed E-state index contributed by atoms with van der Waals surface area (Å²) in [5, 5.41) is 3.83. The third-order valence-electron chi connectivity index (χ3n) is 2.49. The van der Waals surface area contributed by atoms with Gasteiger partial charge in [-0.25, -0.2) is 0 Å². The Kier molecular flexibility index (Phi) is 3.06. The third kappa shape index (κ3) is 2.42. The molecule has 17 heavy (non-hydrogen) atoms. The average Bonchev–Trinajstić information content (AvgIpc) is 2.78. The molecule has 6 heteroatoms. The second kappa shape index (κ2) is 4.50. The van der Waals surface area contributed by atoms with Crippen LogP contribution in [0.3, 0.4) is 0 Å². The molecule has 0 fully saturated rings. The van der Waals surface area contributed by atoms with Gasteiger partial charge in [-0.3, -0.25) is 4.79 Å². The fourth-order valence-corrected chi connectivity index (χ4v) is 1.33. The first-order valence-corrected chi connectivity index (χ1v) is 5.36. The highest BCUT2D eigenvalue weighted by atomic mass is 16.5. The molecule has 2 aromatic rings. The minimum absolute atomic E-state index is 0.174. The quantitative estimate of drug-likeness (QED) is 0.828. The summed E-state index contributed by atoms with van der Waals surface area (Å²) in [5.41, 5.74) is 6.40. The normalized spacial score (nSPS) is 12.9. The Morgan fingerprint density at radius 1 is 1.41 bits per heavy atom. The molecule has 2 aromatic heterocycles. The number of pyridine rings is 1. The van der Waals surface area contributed by atoms with Crippen LogP contribution in [-0.4, -0.2) is 15.1 Å². The van der Waals surface area contributed by atoms with Gasteiger partial charge in [-0.05, 0) is 12.0 Å². The predicted molar refractivity (Wildman–Crippen MR) is 62.1 cm³/mol. The topological polar surface area (TPSA) is 97.8 Å². The van der Waals surface area contributed by atoms with Crippen molar-refractivity contribution in [2.75, 3.05) is 0 Å². The fourth-order valence-electron chi connectivity index (χ4n) is 1.33. The second-order valence-corrected chi connectivity index (χ2v) is 4.17. The molecule has 90 valence electrons. The molecule has 0 amide bonds. The third-order valence-corrected chi connectivity index (χ3v) is 2.49. The van der Waals surface area contributed by atoms with Crippen LogP contribution in [0.25, 0.3) is 11.5 Å². The number of aromatic nitrogens is 3. The minimum atomic E-state index is -0.254. The van der Waals surface area contributed by atoms with Crippen molar-refractivity contribution in [1.29, 1.82) is 0 Å². The van der Waals surface area contributed by atoms with Gasteiger partial charge in [0, 0.05) is 12.3 Å². The van der Waals surface area contributed by atoms with Crippen LogP contribution in [-0.2, 0) is 0 Å². The fraction of sp³-hybridized carbons (Fsp3) is 0.364. The summed E-state index contributed by atoms with van der Waals surface area (Å²) in [6, 6.07) is 2.77. The lowest BCUT2D eigenvalue weighted by atomic mass is 10.1. The smallest absolute Gasteiger partial charge is 0.259 e. The van der Waals surface area contributed by atoms with Gasteiger partial charge in [0.2, 0.25) is 5.56 Å². The molecule has 3 N–H and O–H groups in total. The molecular formula is C11H14N4O2. The van der Waals surface area contributed by atoms with Crippen molar-refractivity contribution < 1.29 is 4.52 Å². The van der Waals surface area contributed by atoms with Crippen molar-refractivity contribution in [3.8, 4) is 11.5 Å². The van der Waals surface area contributed by atoms with Gasteiger partial charge in [0.05, 0.1) is 11.6 Å². The molecule has 0 saturated heterocycles. The summed E-state index contributed by atoms with van der Waals surface area (Å²) >= 11 is 0. The van der Waals surface area contributed by atoms with E-state index < -0.39 is 0 Å². The van der Waals surface area contributed by atoms with Crippen LogP contribution in [0.15, 0.2) is 27.6 Å². The number of nitrogens with two attached hydrogens (primary N) is 1. The molecule has 0 radical (unpaired) electrons. The molecule has 0 aromatic carbocycles. The molecule has 0 spiro atoms. The number of nitrogens with zero attached hydrogens (tertiary/aromatic N) is 2. The standard InChI is InChI=1S/C11H14N4O2/c1-6(2)9(12)10-14-11(17-15-10)7-3-4-8(16)13-5-7/h3-6,9H,12H2,1-2H3,(H,13,16). The number of aromatic amines is 1. The SMILES string of the molecule is CC(C)C(N)c1noc(-c2ccc(=O)[nH]c2)n1. The Hall–Kier alpha value is -1.95. The number of H-pyrrole nitrogens is 1. The van der Waals surface area contributed by atoms with E-state index in [0.29, 0.717) is 17.3 Å². The van der Waals surface area contributed by atoms with Crippen LogP contribution < -0.4 is 11.3 Å². The van der Waals surface area contributed by atoms with Crippen molar-refractivity contribution in [1.82, 2.24) is 15.1 Å². The maximum absolute atomic E-state index is 10.9. The van der Waals surface area contributed by atoms with E-state index in [4.69, 9.17) is 10.3 Å². The van der Waals surface area contributed by atoms with Crippen molar-refractivity contribution >= 4 is 0 Å². The number of nitrogens with one attached hydrogen (secondary N) is 1. The highest BCUT2D eigenvalue weighted by Gasteiger charge is 2.18. The highest BCUT2D eigenvalue weighted by Crippen LogP contribution is 2.20. The zero-order chi connectivity index (χ0) is 12.4. The van der Waals surface area contributed by atoms with Gasteiger partial charge in [-0.15, -0.1) is 0 Å². The van der Waals surface area contributed by atoms with Crippen LogP contribution in [0.4, 0.5) is 0 Å². The summed E-state index contributed by atoms with van der Waals surface area (Å²) < 4.78 is 5.10. The van der Waals surface area contributed by atoms with Gasteiger partial charge in [0.25, 0.3) is 5.89 Å². The van der Waals surface area contributed by atoms with Crippen molar-refractivity contribution in [2.45, 2.75) is 19.9 Å². The van der Waals surface area contributed by atoms with Crippen LogP contribution in [0, 0.1) is 5.92 Å². The average molecular weight is 234 g/mol. The van der Waals surface area contributed by atoms with E-state index in [2.05, 4.69) is 15.1 Å². The molecule has 0 aliphatic carbocycles. The highest BCUT2D eigenvalue weighted by molar-refractivity contribution is 5.50. The molecular weight excluding hydrogens is 220 g/mol. The van der Waals surface area contributed by atoms with Crippen molar-refractivity contribution in [3.05, 3.63) is 34.5 Å². The first-order chi connectivity index (χ1) is 8.08. The lowest BCUT2D eigenvalue weighted by molar-refractivity contribution is 0.400. The van der Waals surface area contributed by atoms with E-state index >= 15 is 0 Å².